The SMILES string of the molecule is CCCNCCN(CC[NH-])CC[N-]C.CC[N-]CCNC.[Y].[Y].[Y]. The van der Waals surface area contributed by atoms with Gasteiger partial charge < -0.3 is 31.9 Å². The Morgan fingerprint density at radius 1 is 0.917 bits per heavy atom. The van der Waals surface area contributed by atoms with E-state index >= 15 is 0 Å². The van der Waals surface area contributed by atoms with Crippen LogP contribution >= 0.6 is 0 Å². The van der Waals surface area contributed by atoms with Gasteiger partial charge in [0.1, 0.15) is 0 Å². The molecule has 0 unspecified atom stereocenters. The summed E-state index contributed by atoms with van der Waals surface area (Å²) in [5.41, 5.74) is 7.19. The van der Waals surface area contributed by atoms with Gasteiger partial charge in [0.05, 0.1) is 0 Å². The molecule has 0 spiro atoms. The molecule has 0 saturated heterocycles. The number of nitrogens with one attached hydrogen (secondary N) is 3. The Hall–Kier alpha value is 3.07. The van der Waals surface area contributed by atoms with Crippen molar-refractivity contribution in [3.05, 3.63) is 16.4 Å². The molecule has 24 heavy (non-hydrogen) atoms. The summed E-state index contributed by atoms with van der Waals surface area (Å²) < 4.78 is 0. The van der Waals surface area contributed by atoms with Crippen LogP contribution in [-0.2, 0) is 98.1 Å². The van der Waals surface area contributed by atoms with Crippen molar-refractivity contribution in [2.75, 3.05) is 79.5 Å². The molecule has 0 aliphatic rings. The van der Waals surface area contributed by atoms with Gasteiger partial charge in [0.25, 0.3) is 0 Å². The van der Waals surface area contributed by atoms with Crippen LogP contribution in [0.1, 0.15) is 20.3 Å². The Labute approximate surface area is 226 Å². The molecule has 0 saturated carbocycles. The van der Waals surface area contributed by atoms with Gasteiger partial charge in [-0.2, -0.15) is 13.6 Å². The second-order valence-electron chi connectivity index (χ2n) is 4.75. The standard InChI is InChI=1S/C10H24N4.C5H13N2.3Y/c1-3-5-13-7-10-14(8-4-11)9-6-12-2;1-3-7-5-4-6-2;;;/h11,13H,3-10H2,1-2H3;6H,3-5H2,1-2H3;;;/q-2;-1;;;. The predicted molar refractivity (Wildman–Crippen MR) is 95.6 cm³/mol. The third kappa shape index (κ3) is 36.1. The van der Waals surface area contributed by atoms with E-state index in [0.29, 0.717) is 6.54 Å². The molecule has 0 aromatic carbocycles. The Bertz CT molecular complexity index is 177. The fourth-order valence-corrected chi connectivity index (χ4v) is 1.62. The van der Waals surface area contributed by atoms with E-state index in [1.807, 2.05) is 14.1 Å². The first kappa shape index (κ1) is 37.8. The number of nitrogens with zero attached hydrogens (tertiary/aromatic N) is 3. The van der Waals surface area contributed by atoms with E-state index < -0.39 is 0 Å². The molecular formula is C15H37N6Y3-3. The molecule has 6 nitrogen and oxygen atoms in total. The number of rotatable bonds is 14. The van der Waals surface area contributed by atoms with Gasteiger partial charge in [-0.3, -0.25) is 0 Å². The van der Waals surface area contributed by atoms with Gasteiger partial charge >= 0.3 is 0 Å². The molecule has 139 valence electrons. The number of likely N-dealkylation sites (N-methyl/N-ethyl adjacent to an activating group) is 3. The minimum Gasteiger partial charge on any atom is -0.676 e. The molecule has 0 fully saturated rings. The summed E-state index contributed by atoms with van der Waals surface area (Å²) in [6.45, 7) is 13.5. The molecule has 3 N–H and O–H groups in total. The smallest absolute Gasteiger partial charge is 0.0105 e. The van der Waals surface area contributed by atoms with Crippen molar-refractivity contribution in [3.8, 4) is 0 Å². The summed E-state index contributed by atoms with van der Waals surface area (Å²) in [5, 5.41) is 14.6. The Balaban J connectivity index is -0.000000105. The summed E-state index contributed by atoms with van der Waals surface area (Å²) >= 11 is 0. The van der Waals surface area contributed by atoms with Gasteiger partial charge in [0.2, 0.25) is 0 Å². The zero-order valence-electron chi connectivity index (χ0n) is 16.4. The molecule has 0 rings (SSSR count). The topological polar surface area (TPSA) is 79.3 Å². The number of hydrogen-bond acceptors (Lipinski definition) is 3. The Kier molecular flexibility index (Phi) is 58.1. The molecule has 9 heteroatoms. The van der Waals surface area contributed by atoms with E-state index in [4.69, 9.17) is 5.73 Å². The van der Waals surface area contributed by atoms with E-state index in [9.17, 15) is 0 Å². The molecule has 0 heterocycles. The summed E-state index contributed by atoms with van der Waals surface area (Å²) in [5.74, 6) is 0. The molecular weight excluding hydrogens is 531 g/mol. The van der Waals surface area contributed by atoms with Gasteiger partial charge in [-0.15, -0.1) is 19.6 Å². The molecule has 0 aromatic rings. The summed E-state index contributed by atoms with van der Waals surface area (Å²) in [6.07, 6.45) is 1.18. The zero-order chi connectivity index (χ0) is 16.2. The van der Waals surface area contributed by atoms with Crippen LogP contribution in [0.2, 0.25) is 0 Å². The van der Waals surface area contributed by atoms with E-state index in [1.165, 1.54) is 6.42 Å². The minimum atomic E-state index is 0. The van der Waals surface area contributed by atoms with E-state index in [-0.39, 0.29) is 98.1 Å². The average Bonchev–Trinajstić information content (AvgIpc) is 2.50. The van der Waals surface area contributed by atoms with Gasteiger partial charge in [-0.1, -0.05) is 13.8 Å². The molecule has 0 bridgehead atoms. The molecule has 3 radical (unpaired) electrons. The molecule has 0 aliphatic heterocycles. The molecule has 0 amide bonds. The second kappa shape index (κ2) is 36.9. The predicted octanol–water partition coefficient (Wildman–Crippen LogP) is 1.94. The van der Waals surface area contributed by atoms with Crippen molar-refractivity contribution in [1.82, 2.24) is 15.5 Å². The molecule has 0 atom stereocenters. The van der Waals surface area contributed by atoms with Crippen molar-refractivity contribution in [1.29, 1.82) is 0 Å². The van der Waals surface area contributed by atoms with Gasteiger partial charge in [-0.25, -0.2) is 0 Å². The fraction of sp³-hybridized carbons (Fsp3) is 1.00. The van der Waals surface area contributed by atoms with Crippen molar-refractivity contribution < 1.29 is 98.1 Å². The van der Waals surface area contributed by atoms with Gasteiger partial charge in [-0.05, 0) is 39.6 Å². The van der Waals surface area contributed by atoms with Crippen molar-refractivity contribution in [3.63, 3.8) is 0 Å². The van der Waals surface area contributed by atoms with Crippen LogP contribution in [0.3, 0.4) is 0 Å². The van der Waals surface area contributed by atoms with Crippen LogP contribution in [0, 0.1) is 0 Å². The largest absolute Gasteiger partial charge is 0.676 e. The maximum Gasteiger partial charge on any atom is 0.0105 e. The molecule has 0 aliphatic carbocycles. The van der Waals surface area contributed by atoms with Crippen molar-refractivity contribution in [2.45, 2.75) is 20.3 Å². The Morgan fingerprint density at radius 3 is 2.04 bits per heavy atom. The Morgan fingerprint density at radius 2 is 1.58 bits per heavy atom. The van der Waals surface area contributed by atoms with E-state index in [0.717, 1.165) is 58.9 Å². The number of hydrogen-bond donors (Lipinski definition) is 2. The van der Waals surface area contributed by atoms with E-state index in [2.05, 4.69) is 40.0 Å². The van der Waals surface area contributed by atoms with Crippen LogP contribution < -0.4 is 10.6 Å². The third-order valence-corrected chi connectivity index (χ3v) is 2.84. The van der Waals surface area contributed by atoms with Gasteiger partial charge in [0, 0.05) is 111 Å². The fourth-order valence-electron chi connectivity index (χ4n) is 1.62. The maximum atomic E-state index is 7.19. The maximum absolute atomic E-state index is 7.19. The first-order chi connectivity index (χ1) is 10.3. The third-order valence-electron chi connectivity index (χ3n) is 2.84. The monoisotopic (exact) mass is 568 g/mol. The molecule has 0 aromatic heterocycles. The second-order valence-corrected chi connectivity index (χ2v) is 4.75. The summed E-state index contributed by atoms with van der Waals surface area (Å²) in [4.78, 5) is 2.29. The van der Waals surface area contributed by atoms with Crippen LogP contribution in [0.25, 0.3) is 16.4 Å². The van der Waals surface area contributed by atoms with Crippen molar-refractivity contribution >= 4 is 0 Å². The van der Waals surface area contributed by atoms with Crippen LogP contribution in [0.15, 0.2) is 0 Å². The van der Waals surface area contributed by atoms with Crippen LogP contribution in [-0.4, -0.2) is 84.4 Å². The zero-order valence-corrected chi connectivity index (χ0v) is 24.9. The first-order valence-electron chi connectivity index (χ1n) is 8.17. The van der Waals surface area contributed by atoms with Crippen LogP contribution in [0.5, 0.6) is 0 Å². The van der Waals surface area contributed by atoms with Crippen LogP contribution in [0.4, 0.5) is 0 Å². The van der Waals surface area contributed by atoms with Crippen molar-refractivity contribution in [2.24, 2.45) is 0 Å². The minimum absolute atomic E-state index is 0. The summed E-state index contributed by atoms with van der Waals surface area (Å²) in [6, 6.07) is 0. The van der Waals surface area contributed by atoms with E-state index in [1.54, 1.807) is 0 Å². The average molecular weight is 568 g/mol. The first-order valence-corrected chi connectivity index (χ1v) is 8.17. The quantitative estimate of drug-likeness (QED) is 0.315. The van der Waals surface area contributed by atoms with Gasteiger partial charge in [0.15, 0.2) is 0 Å². The normalized spacial score (nSPS) is 9.25. The summed E-state index contributed by atoms with van der Waals surface area (Å²) in [7, 11) is 3.78.